The summed E-state index contributed by atoms with van der Waals surface area (Å²) in [6, 6.07) is 9.79. The van der Waals surface area contributed by atoms with Crippen LogP contribution < -0.4 is 0 Å². The third-order valence-electron chi connectivity index (χ3n) is 3.31. The molecule has 0 radical (unpaired) electrons. The summed E-state index contributed by atoms with van der Waals surface area (Å²) in [5.41, 5.74) is 1.63. The number of benzene rings is 1. The fourth-order valence-electron chi connectivity index (χ4n) is 2.27. The standard InChI is InChI=1S/C16H19NO2/c1-2-16(19)17(12-13-8-4-3-5-9-13)14-10-6-7-11-15(14)18/h3-5,8-10H,2,6-7,11-12H2,1H3. The van der Waals surface area contributed by atoms with Crippen molar-refractivity contribution in [3.8, 4) is 0 Å². The summed E-state index contributed by atoms with van der Waals surface area (Å²) in [4.78, 5) is 25.7. The van der Waals surface area contributed by atoms with Crippen molar-refractivity contribution < 1.29 is 9.59 Å². The first-order valence-corrected chi connectivity index (χ1v) is 6.80. The Bertz CT molecular complexity index is 491. The van der Waals surface area contributed by atoms with Crippen LogP contribution in [-0.2, 0) is 16.1 Å². The Kier molecular flexibility index (Phi) is 4.50. The molecule has 1 aromatic rings. The zero-order chi connectivity index (χ0) is 13.7. The molecule has 0 fully saturated rings. The zero-order valence-corrected chi connectivity index (χ0v) is 11.3. The number of hydrogen-bond donors (Lipinski definition) is 0. The summed E-state index contributed by atoms with van der Waals surface area (Å²) < 4.78 is 0. The lowest BCUT2D eigenvalue weighted by atomic mass is 10.0. The molecule has 2 rings (SSSR count). The van der Waals surface area contributed by atoms with Gasteiger partial charge in [-0.1, -0.05) is 43.3 Å². The quantitative estimate of drug-likeness (QED) is 0.831. The average Bonchev–Trinajstić information content (AvgIpc) is 2.46. The zero-order valence-electron chi connectivity index (χ0n) is 11.3. The number of amides is 1. The molecule has 0 atom stereocenters. The Morgan fingerprint density at radius 3 is 2.63 bits per heavy atom. The summed E-state index contributed by atoms with van der Waals surface area (Å²) in [7, 11) is 0. The first-order chi connectivity index (χ1) is 9.22. The van der Waals surface area contributed by atoms with Gasteiger partial charge in [0.25, 0.3) is 0 Å². The predicted octanol–water partition coefficient (Wildman–Crippen LogP) is 3.06. The molecule has 1 amide bonds. The lowest BCUT2D eigenvalue weighted by Gasteiger charge is -2.26. The maximum absolute atomic E-state index is 12.1. The lowest BCUT2D eigenvalue weighted by Crippen LogP contribution is -2.33. The number of ketones is 1. The fraction of sp³-hybridized carbons (Fsp3) is 0.375. The monoisotopic (exact) mass is 257 g/mol. The highest BCUT2D eigenvalue weighted by Crippen LogP contribution is 2.21. The van der Waals surface area contributed by atoms with Gasteiger partial charge < -0.3 is 4.90 Å². The number of allylic oxidation sites excluding steroid dienone is 2. The van der Waals surface area contributed by atoms with Crippen molar-refractivity contribution in [2.24, 2.45) is 0 Å². The maximum atomic E-state index is 12.1. The smallest absolute Gasteiger partial charge is 0.227 e. The highest BCUT2D eigenvalue weighted by molar-refractivity contribution is 5.99. The molecule has 0 saturated carbocycles. The Morgan fingerprint density at radius 1 is 1.26 bits per heavy atom. The van der Waals surface area contributed by atoms with E-state index in [-0.39, 0.29) is 11.7 Å². The Hall–Kier alpha value is -1.90. The van der Waals surface area contributed by atoms with Crippen molar-refractivity contribution in [3.63, 3.8) is 0 Å². The van der Waals surface area contributed by atoms with Crippen LogP contribution in [0.25, 0.3) is 0 Å². The third kappa shape index (κ3) is 3.31. The average molecular weight is 257 g/mol. The largest absolute Gasteiger partial charge is 0.305 e. The van der Waals surface area contributed by atoms with Gasteiger partial charge in [-0.2, -0.15) is 0 Å². The van der Waals surface area contributed by atoms with Crippen LogP contribution in [0.2, 0.25) is 0 Å². The summed E-state index contributed by atoms with van der Waals surface area (Å²) in [5.74, 6) is 0.0920. The van der Waals surface area contributed by atoms with Gasteiger partial charge in [0.1, 0.15) is 0 Å². The van der Waals surface area contributed by atoms with Gasteiger partial charge in [-0.3, -0.25) is 9.59 Å². The van der Waals surface area contributed by atoms with Gasteiger partial charge in [-0.25, -0.2) is 0 Å². The van der Waals surface area contributed by atoms with Crippen LogP contribution in [0.15, 0.2) is 42.1 Å². The molecule has 19 heavy (non-hydrogen) atoms. The molecule has 0 N–H and O–H groups in total. The van der Waals surface area contributed by atoms with E-state index in [1.807, 2.05) is 43.3 Å². The van der Waals surface area contributed by atoms with Crippen LogP contribution in [0.1, 0.15) is 38.2 Å². The molecule has 1 aliphatic carbocycles. The molecular weight excluding hydrogens is 238 g/mol. The van der Waals surface area contributed by atoms with Gasteiger partial charge in [0.05, 0.1) is 12.2 Å². The third-order valence-corrected chi connectivity index (χ3v) is 3.31. The lowest BCUT2D eigenvalue weighted by molar-refractivity contribution is -0.132. The van der Waals surface area contributed by atoms with Gasteiger partial charge >= 0.3 is 0 Å². The molecule has 3 nitrogen and oxygen atoms in total. The highest BCUT2D eigenvalue weighted by atomic mass is 16.2. The molecule has 0 aliphatic heterocycles. The SMILES string of the molecule is CCC(=O)N(Cc1ccccc1)C1=CCCCC1=O. The number of nitrogens with zero attached hydrogens (tertiary/aromatic N) is 1. The molecule has 0 aromatic heterocycles. The van der Waals surface area contributed by atoms with Crippen LogP contribution in [0.4, 0.5) is 0 Å². The topological polar surface area (TPSA) is 37.4 Å². The summed E-state index contributed by atoms with van der Waals surface area (Å²) in [5, 5.41) is 0. The van der Waals surface area contributed by atoms with Gasteiger partial charge in [0, 0.05) is 12.8 Å². The van der Waals surface area contributed by atoms with E-state index in [9.17, 15) is 9.59 Å². The summed E-state index contributed by atoms with van der Waals surface area (Å²) in [6.45, 7) is 2.30. The molecule has 3 heteroatoms. The van der Waals surface area contributed by atoms with Crippen LogP contribution in [0.3, 0.4) is 0 Å². The minimum Gasteiger partial charge on any atom is -0.305 e. The van der Waals surface area contributed by atoms with Crippen LogP contribution in [0.5, 0.6) is 0 Å². The second-order valence-corrected chi connectivity index (χ2v) is 4.72. The van der Waals surface area contributed by atoms with Crippen molar-refractivity contribution >= 4 is 11.7 Å². The predicted molar refractivity (Wildman–Crippen MR) is 74.2 cm³/mol. The molecule has 0 heterocycles. The molecule has 1 aromatic carbocycles. The fourth-order valence-corrected chi connectivity index (χ4v) is 2.27. The van der Waals surface area contributed by atoms with Crippen LogP contribution in [-0.4, -0.2) is 16.6 Å². The number of hydrogen-bond acceptors (Lipinski definition) is 2. The van der Waals surface area contributed by atoms with E-state index < -0.39 is 0 Å². The Labute approximate surface area is 113 Å². The van der Waals surface area contributed by atoms with Crippen molar-refractivity contribution in [1.82, 2.24) is 4.90 Å². The van der Waals surface area contributed by atoms with E-state index >= 15 is 0 Å². The highest BCUT2D eigenvalue weighted by Gasteiger charge is 2.24. The minimum absolute atomic E-state index is 0.00496. The number of Topliss-reactive ketones (excluding diaryl/α,β-unsaturated/α-hetero) is 1. The summed E-state index contributed by atoms with van der Waals surface area (Å²) in [6.07, 6.45) is 4.64. The number of carbonyl (C=O) groups excluding carboxylic acids is 2. The first-order valence-electron chi connectivity index (χ1n) is 6.80. The minimum atomic E-state index is 0.00496. The van der Waals surface area contributed by atoms with E-state index in [4.69, 9.17) is 0 Å². The van der Waals surface area contributed by atoms with Crippen molar-refractivity contribution in [2.45, 2.75) is 39.2 Å². The van der Waals surface area contributed by atoms with E-state index in [1.165, 1.54) is 0 Å². The van der Waals surface area contributed by atoms with Gasteiger partial charge in [-0.15, -0.1) is 0 Å². The normalized spacial score (nSPS) is 15.0. The van der Waals surface area contributed by atoms with Crippen molar-refractivity contribution in [3.05, 3.63) is 47.7 Å². The maximum Gasteiger partial charge on any atom is 0.227 e. The van der Waals surface area contributed by atoms with Crippen LogP contribution in [0, 0.1) is 0 Å². The number of carbonyl (C=O) groups is 2. The number of rotatable bonds is 4. The second-order valence-electron chi connectivity index (χ2n) is 4.72. The molecule has 0 spiro atoms. The van der Waals surface area contributed by atoms with Gasteiger partial charge in [0.15, 0.2) is 5.78 Å². The molecule has 0 unspecified atom stereocenters. The molecule has 1 aliphatic rings. The van der Waals surface area contributed by atoms with Crippen LogP contribution >= 0.6 is 0 Å². The molecule has 0 bridgehead atoms. The molecular formula is C16H19NO2. The first kappa shape index (κ1) is 13.5. The van der Waals surface area contributed by atoms with Gasteiger partial charge in [0.2, 0.25) is 5.91 Å². The summed E-state index contributed by atoms with van der Waals surface area (Å²) >= 11 is 0. The Morgan fingerprint density at radius 2 is 2.00 bits per heavy atom. The van der Waals surface area contributed by atoms with E-state index in [2.05, 4.69) is 0 Å². The second kappa shape index (κ2) is 6.32. The Balaban J connectivity index is 2.24. The molecule has 0 saturated heterocycles. The van der Waals surface area contributed by atoms with Gasteiger partial charge in [-0.05, 0) is 18.4 Å². The van der Waals surface area contributed by atoms with Crippen molar-refractivity contribution in [1.29, 1.82) is 0 Å². The molecule has 100 valence electrons. The van der Waals surface area contributed by atoms with E-state index in [1.54, 1.807) is 4.90 Å². The van der Waals surface area contributed by atoms with E-state index in [0.717, 1.165) is 18.4 Å². The van der Waals surface area contributed by atoms with Crippen molar-refractivity contribution in [2.75, 3.05) is 0 Å². The van der Waals surface area contributed by atoms with E-state index in [0.29, 0.717) is 25.1 Å².